The van der Waals surface area contributed by atoms with Gasteiger partial charge in [-0.2, -0.15) is 17.5 Å². The van der Waals surface area contributed by atoms with Crippen molar-refractivity contribution in [3.8, 4) is 0 Å². The van der Waals surface area contributed by atoms with Gasteiger partial charge >= 0.3 is 6.18 Å². The normalized spacial score (nSPS) is 12.1. The van der Waals surface area contributed by atoms with Gasteiger partial charge < -0.3 is 5.32 Å². The van der Waals surface area contributed by atoms with Crippen molar-refractivity contribution in [2.45, 2.75) is 24.5 Å². The lowest BCUT2D eigenvalue weighted by atomic mass is 10.2. The Hall–Kier alpha value is -2.95. The van der Waals surface area contributed by atoms with Gasteiger partial charge in [-0.05, 0) is 55.0 Å². The molecule has 3 aromatic rings. The van der Waals surface area contributed by atoms with Crippen LogP contribution in [0.1, 0.15) is 16.7 Å². The lowest BCUT2D eigenvalue weighted by molar-refractivity contribution is -0.137. The Labute approximate surface area is 199 Å². The van der Waals surface area contributed by atoms with Crippen molar-refractivity contribution in [3.63, 3.8) is 0 Å². The summed E-state index contributed by atoms with van der Waals surface area (Å²) in [5, 5.41) is 1.74. The predicted molar refractivity (Wildman–Crippen MR) is 120 cm³/mol. The fourth-order valence-corrected chi connectivity index (χ4v) is 4.67. The molecule has 0 bridgehead atoms. The average Bonchev–Trinajstić information content (AvgIpc) is 2.75. The van der Waals surface area contributed by atoms with Crippen molar-refractivity contribution in [2.75, 3.05) is 11.9 Å². The minimum atomic E-state index is -4.73. The number of carbonyl (C=O) groups is 1. The number of halogens is 5. The van der Waals surface area contributed by atoms with E-state index < -0.39 is 45.1 Å². The van der Waals surface area contributed by atoms with Crippen LogP contribution in [0.3, 0.4) is 0 Å². The summed E-state index contributed by atoms with van der Waals surface area (Å²) >= 11 is 5.59. The van der Waals surface area contributed by atoms with Crippen LogP contribution < -0.4 is 5.32 Å². The fraction of sp³-hybridized carbons (Fsp3) is 0.174. The summed E-state index contributed by atoms with van der Waals surface area (Å²) in [7, 11) is -4.17. The zero-order chi connectivity index (χ0) is 25.1. The molecule has 1 N–H and O–H groups in total. The quantitative estimate of drug-likeness (QED) is 0.415. The van der Waals surface area contributed by atoms with Crippen LogP contribution in [-0.2, 0) is 27.5 Å². The second-order valence-electron chi connectivity index (χ2n) is 7.45. The largest absolute Gasteiger partial charge is 0.417 e. The maximum atomic E-state index is 13.3. The zero-order valence-electron chi connectivity index (χ0n) is 17.7. The van der Waals surface area contributed by atoms with E-state index in [4.69, 9.17) is 11.6 Å². The Morgan fingerprint density at radius 2 is 1.62 bits per heavy atom. The van der Waals surface area contributed by atoms with E-state index in [1.807, 2.05) is 0 Å². The Morgan fingerprint density at radius 3 is 2.21 bits per heavy atom. The summed E-state index contributed by atoms with van der Waals surface area (Å²) in [5.41, 5.74) is -0.0978. The first-order valence-electron chi connectivity index (χ1n) is 9.84. The molecule has 3 rings (SSSR count). The fourth-order valence-electron chi connectivity index (χ4n) is 3.06. The number of alkyl halides is 3. The number of sulfonamides is 1. The number of aryl methyl sites for hydroxylation is 1. The van der Waals surface area contributed by atoms with Crippen LogP contribution in [0.2, 0.25) is 5.02 Å². The number of amides is 1. The maximum absolute atomic E-state index is 13.3. The topological polar surface area (TPSA) is 66.5 Å². The van der Waals surface area contributed by atoms with Gasteiger partial charge in [-0.3, -0.25) is 4.79 Å². The molecule has 0 heterocycles. The highest BCUT2D eigenvalue weighted by Crippen LogP contribution is 2.36. The van der Waals surface area contributed by atoms with Crippen LogP contribution in [0.15, 0.2) is 71.6 Å². The van der Waals surface area contributed by atoms with E-state index >= 15 is 0 Å². The predicted octanol–water partition coefficient (Wildman–Crippen LogP) is 5.64. The minimum absolute atomic E-state index is 0.0705. The van der Waals surface area contributed by atoms with Gasteiger partial charge in [-0.25, -0.2) is 12.8 Å². The molecule has 3 aromatic carbocycles. The highest BCUT2D eigenvalue weighted by molar-refractivity contribution is 7.89. The molecule has 0 fully saturated rings. The number of carbonyl (C=O) groups excluding carboxylic acids is 1. The van der Waals surface area contributed by atoms with Crippen molar-refractivity contribution in [1.82, 2.24) is 4.31 Å². The van der Waals surface area contributed by atoms with Gasteiger partial charge in [0.2, 0.25) is 15.9 Å². The van der Waals surface area contributed by atoms with Gasteiger partial charge in [0.25, 0.3) is 0 Å². The summed E-state index contributed by atoms with van der Waals surface area (Å²) < 4.78 is 79.9. The summed E-state index contributed by atoms with van der Waals surface area (Å²) in [4.78, 5) is 12.6. The standard InChI is InChI=1S/C23H19ClF4N2O3S/c1-15-2-9-19(10-3-15)34(32,33)30(13-16-4-6-17(25)7-5-16)14-22(31)29-18-8-11-21(24)20(12-18)23(26,27)28/h2-12H,13-14H2,1H3,(H,29,31). The second-order valence-corrected chi connectivity index (χ2v) is 9.80. The Balaban J connectivity index is 1.88. The van der Waals surface area contributed by atoms with Crippen LogP contribution in [0.4, 0.5) is 23.2 Å². The molecular formula is C23H19ClF4N2O3S. The maximum Gasteiger partial charge on any atom is 0.417 e. The molecule has 11 heteroatoms. The first-order chi connectivity index (χ1) is 15.9. The highest BCUT2D eigenvalue weighted by atomic mass is 35.5. The number of rotatable bonds is 7. The summed E-state index contributed by atoms with van der Waals surface area (Å²) in [5.74, 6) is -1.38. The van der Waals surface area contributed by atoms with E-state index in [0.29, 0.717) is 11.6 Å². The number of benzene rings is 3. The molecule has 1 amide bonds. The number of nitrogens with zero attached hydrogens (tertiary/aromatic N) is 1. The molecule has 0 saturated carbocycles. The lowest BCUT2D eigenvalue weighted by Gasteiger charge is -2.22. The summed E-state index contributed by atoms with van der Waals surface area (Å²) in [6.07, 6.45) is -4.73. The molecule has 180 valence electrons. The van der Waals surface area contributed by atoms with E-state index in [2.05, 4.69) is 5.32 Å². The third kappa shape index (κ3) is 6.34. The molecule has 0 unspecified atom stereocenters. The molecule has 0 aromatic heterocycles. The minimum Gasteiger partial charge on any atom is -0.325 e. The molecule has 0 spiro atoms. The molecule has 0 saturated heterocycles. The second kappa shape index (κ2) is 10.1. The van der Waals surface area contributed by atoms with Gasteiger partial charge in [-0.1, -0.05) is 41.4 Å². The van der Waals surface area contributed by atoms with Crippen LogP contribution in [0, 0.1) is 12.7 Å². The van der Waals surface area contributed by atoms with Crippen molar-refractivity contribution in [1.29, 1.82) is 0 Å². The number of hydrogen-bond donors (Lipinski definition) is 1. The van der Waals surface area contributed by atoms with Crippen LogP contribution in [-0.4, -0.2) is 25.2 Å². The van der Waals surface area contributed by atoms with E-state index in [9.17, 15) is 30.8 Å². The molecule has 0 aliphatic rings. The third-order valence-electron chi connectivity index (χ3n) is 4.81. The monoisotopic (exact) mass is 514 g/mol. The Bertz CT molecular complexity index is 1280. The first-order valence-corrected chi connectivity index (χ1v) is 11.7. The molecule has 34 heavy (non-hydrogen) atoms. The zero-order valence-corrected chi connectivity index (χ0v) is 19.3. The molecule has 0 atom stereocenters. The van der Waals surface area contributed by atoms with E-state index in [-0.39, 0.29) is 17.1 Å². The van der Waals surface area contributed by atoms with Gasteiger partial charge in [0.05, 0.1) is 22.0 Å². The van der Waals surface area contributed by atoms with E-state index in [0.717, 1.165) is 28.1 Å². The highest BCUT2D eigenvalue weighted by Gasteiger charge is 2.33. The summed E-state index contributed by atoms with van der Waals surface area (Å²) in [6, 6.07) is 13.8. The molecule has 0 radical (unpaired) electrons. The van der Waals surface area contributed by atoms with Crippen molar-refractivity contribution >= 4 is 33.2 Å². The molecule has 5 nitrogen and oxygen atoms in total. The SMILES string of the molecule is Cc1ccc(S(=O)(=O)N(CC(=O)Nc2ccc(Cl)c(C(F)(F)F)c2)Cc2ccc(F)cc2)cc1. The lowest BCUT2D eigenvalue weighted by Crippen LogP contribution is -2.37. The molecule has 0 aliphatic carbocycles. The van der Waals surface area contributed by atoms with Crippen molar-refractivity contribution in [3.05, 3.63) is 94.3 Å². The smallest absolute Gasteiger partial charge is 0.325 e. The van der Waals surface area contributed by atoms with Gasteiger partial charge in [0.1, 0.15) is 5.82 Å². The van der Waals surface area contributed by atoms with E-state index in [1.165, 1.54) is 30.3 Å². The number of anilines is 1. The molecule has 0 aliphatic heterocycles. The van der Waals surface area contributed by atoms with Crippen LogP contribution >= 0.6 is 11.6 Å². The van der Waals surface area contributed by atoms with E-state index in [1.54, 1.807) is 19.1 Å². The van der Waals surface area contributed by atoms with Crippen molar-refractivity contribution < 1.29 is 30.8 Å². The van der Waals surface area contributed by atoms with Crippen molar-refractivity contribution in [2.24, 2.45) is 0 Å². The number of hydrogen-bond acceptors (Lipinski definition) is 3. The van der Waals surface area contributed by atoms with Gasteiger partial charge in [0.15, 0.2) is 0 Å². The summed E-state index contributed by atoms with van der Waals surface area (Å²) in [6.45, 7) is 0.817. The number of nitrogens with one attached hydrogen (secondary N) is 1. The first kappa shape index (κ1) is 25.7. The Kier molecular flexibility index (Phi) is 7.64. The average molecular weight is 515 g/mol. The Morgan fingerprint density at radius 1 is 1.00 bits per heavy atom. The van der Waals surface area contributed by atoms with Gasteiger partial charge in [-0.15, -0.1) is 0 Å². The van der Waals surface area contributed by atoms with Gasteiger partial charge in [0, 0.05) is 12.2 Å². The van der Waals surface area contributed by atoms with Crippen LogP contribution in [0.25, 0.3) is 0 Å². The third-order valence-corrected chi connectivity index (χ3v) is 6.94. The molecular weight excluding hydrogens is 496 g/mol. The van der Waals surface area contributed by atoms with Crippen LogP contribution in [0.5, 0.6) is 0 Å².